The van der Waals surface area contributed by atoms with E-state index in [-0.39, 0.29) is 18.4 Å². The van der Waals surface area contributed by atoms with Gasteiger partial charge in [-0.25, -0.2) is 0 Å². The molecule has 2 aromatic carbocycles. The molecule has 1 aliphatic rings. The van der Waals surface area contributed by atoms with E-state index >= 15 is 0 Å². The first kappa shape index (κ1) is 23.8. The zero-order valence-corrected chi connectivity index (χ0v) is 20.6. The smallest absolute Gasteiger partial charge is 0.266 e. The summed E-state index contributed by atoms with van der Waals surface area (Å²) in [6.45, 7) is 3.75. The van der Waals surface area contributed by atoms with E-state index in [1.54, 1.807) is 48.6 Å². The van der Waals surface area contributed by atoms with E-state index in [9.17, 15) is 9.59 Å². The van der Waals surface area contributed by atoms with Gasteiger partial charge in [0.2, 0.25) is 0 Å². The normalized spacial score (nSPS) is 14.8. The van der Waals surface area contributed by atoms with Gasteiger partial charge in [-0.05, 0) is 42.5 Å². The van der Waals surface area contributed by atoms with Crippen LogP contribution >= 0.6 is 63.1 Å². The van der Waals surface area contributed by atoms with Gasteiger partial charge in [0.25, 0.3) is 11.8 Å². The van der Waals surface area contributed by atoms with Crippen molar-refractivity contribution in [3.05, 3.63) is 74.0 Å². The fraction of sp³-hybridized carbons (Fsp3) is 0.0952. The van der Waals surface area contributed by atoms with Gasteiger partial charge in [-0.2, -0.15) is 0 Å². The largest absolute Gasteiger partial charge is 0.483 e. The molecule has 0 radical (unpaired) electrons. The lowest BCUT2D eigenvalue weighted by Crippen LogP contribution is -2.27. The molecule has 0 unspecified atom stereocenters. The predicted molar refractivity (Wildman–Crippen MR) is 135 cm³/mol. The molecule has 0 aliphatic carbocycles. The molecule has 1 fully saturated rings. The lowest BCUT2D eigenvalue weighted by Gasteiger charge is -2.12. The number of nitrogens with one attached hydrogen (secondary N) is 1. The van der Waals surface area contributed by atoms with E-state index in [4.69, 9.17) is 40.2 Å². The monoisotopic (exact) mass is 556 g/mol. The lowest BCUT2D eigenvalue weighted by atomic mass is 10.2. The third-order valence-corrected chi connectivity index (χ3v) is 6.26. The molecule has 0 spiro atoms. The Morgan fingerprint density at radius 2 is 1.97 bits per heavy atom. The third-order valence-electron chi connectivity index (χ3n) is 3.95. The summed E-state index contributed by atoms with van der Waals surface area (Å²) in [5.74, 6) is -0.141. The van der Waals surface area contributed by atoms with Crippen LogP contribution < -0.4 is 10.1 Å². The number of rotatable bonds is 7. The number of ether oxygens (including phenoxy) is 1. The maximum atomic E-state index is 12.6. The molecule has 2 aromatic rings. The molecule has 10 heteroatoms. The fourth-order valence-corrected chi connectivity index (χ4v) is 4.83. The number of benzene rings is 2. The maximum Gasteiger partial charge on any atom is 0.266 e. The highest BCUT2D eigenvalue weighted by Crippen LogP contribution is 2.35. The van der Waals surface area contributed by atoms with E-state index in [0.29, 0.717) is 42.8 Å². The number of thioether (sulfide) groups is 1. The summed E-state index contributed by atoms with van der Waals surface area (Å²) >= 11 is 21.8. The first-order valence-electron chi connectivity index (χ1n) is 8.81. The number of carbonyl (C=O) groups is 2. The highest BCUT2D eigenvalue weighted by molar-refractivity contribution is 9.10. The van der Waals surface area contributed by atoms with Crippen molar-refractivity contribution in [1.29, 1.82) is 0 Å². The maximum absolute atomic E-state index is 12.6. The van der Waals surface area contributed by atoms with Crippen LogP contribution in [0.2, 0.25) is 10.0 Å². The highest BCUT2D eigenvalue weighted by Gasteiger charge is 2.31. The number of thiocarbonyl (C=S) groups is 1. The van der Waals surface area contributed by atoms with Gasteiger partial charge in [-0.15, -0.1) is 6.58 Å². The van der Waals surface area contributed by atoms with Gasteiger partial charge < -0.3 is 10.1 Å². The number of amides is 2. The number of anilines is 1. The molecule has 0 atom stereocenters. The predicted octanol–water partition coefficient (Wildman–Crippen LogP) is 6.16. The van der Waals surface area contributed by atoms with Crippen LogP contribution in [0.5, 0.6) is 5.75 Å². The molecule has 160 valence electrons. The Labute approximate surface area is 207 Å². The molecule has 2 amide bonds. The first-order valence-corrected chi connectivity index (χ1v) is 11.6. The summed E-state index contributed by atoms with van der Waals surface area (Å²) in [6, 6.07) is 10.0. The van der Waals surface area contributed by atoms with Crippen molar-refractivity contribution in [3.63, 3.8) is 0 Å². The summed E-state index contributed by atoms with van der Waals surface area (Å²) in [4.78, 5) is 26.8. The molecule has 1 aliphatic heterocycles. The van der Waals surface area contributed by atoms with Gasteiger partial charge in [0.15, 0.2) is 6.61 Å². The molecule has 1 saturated heterocycles. The van der Waals surface area contributed by atoms with Gasteiger partial charge in [0.1, 0.15) is 10.1 Å². The number of nitrogens with zero attached hydrogens (tertiary/aromatic N) is 1. The molecule has 5 nitrogen and oxygen atoms in total. The minimum Gasteiger partial charge on any atom is -0.483 e. The molecule has 1 N–H and O–H groups in total. The van der Waals surface area contributed by atoms with Crippen molar-refractivity contribution in [3.8, 4) is 5.75 Å². The summed E-state index contributed by atoms with van der Waals surface area (Å²) in [7, 11) is 0. The summed E-state index contributed by atoms with van der Waals surface area (Å²) in [6.07, 6.45) is 3.31. The Balaban J connectivity index is 1.74. The molecule has 31 heavy (non-hydrogen) atoms. The quantitative estimate of drug-likeness (QED) is 0.251. The second kappa shape index (κ2) is 10.7. The van der Waals surface area contributed by atoms with Crippen LogP contribution in [0, 0.1) is 0 Å². The topological polar surface area (TPSA) is 58.6 Å². The van der Waals surface area contributed by atoms with Gasteiger partial charge >= 0.3 is 0 Å². The molecule has 1 heterocycles. The van der Waals surface area contributed by atoms with Crippen molar-refractivity contribution < 1.29 is 14.3 Å². The molecule has 0 bridgehead atoms. The average molecular weight is 558 g/mol. The zero-order chi connectivity index (χ0) is 22.5. The molecule has 0 saturated carbocycles. The van der Waals surface area contributed by atoms with Crippen LogP contribution in [-0.4, -0.2) is 34.2 Å². The SMILES string of the molecule is C=CCN1C(=O)/C(=C/c2cc(Br)ccc2OCC(=O)Nc2cc(Cl)cc(Cl)c2)SC1=S. The van der Waals surface area contributed by atoms with E-state index in [2.05, 4.69) is 27.8 Å². The van der Waals surface area contributed by atoms with Gasteiger partial charge in [-0.1, -0.05) is 69.2 Å². The van der Waals surface area contributed by atoms with E-state index in [1.165, 1.54) is 16.7 Å². The summed E-state index contributed by atoms with van der Waals surface area (Å²) in [5, 5.41) is 3.50. The van der Waals surface area contributed by atoms with E-state index < -0.39 is 0 Å². The Kier molecular flexibility index (Phi) is 8.18. The molecule has 3 rings (SSSR count). The van der Waals surface area contributed by atoms with Crippen molar-refractivity contribution in [2.75, 3.05) is 18.5 Å². The second-order valence-electron chi connectivity index (χ2n) is 6.26. The Bertz CT molecular complexity index is 1090. The summed E-state index contributed by atoms with van der Waals surface area (Å²) in [5.41, 5.74) is 1.10. The van der Waals surface area contributed by atoms with E-state index in [1.807, 2.05) is 0 Å². The van der Waals surface area contributed by atoms with Gasteiger partial charge in [0, 0.05) is 32.3 Å². The van der Waals surface area contributed by atoms with Crippen molar-refractivity contribution in [1.82, 2.24) is 4.90 Å². The van der Waals surface area contributed by atoms with Crippen molar-refractivity contribution >= 4 is 91.0 Å². The number of hydrogen-bond donors (Lipinski definition) is 1. The number of hydrogen-bond acceptors (Lipinski definition) is 5. The number of carbonyl (C=O) groups excluding carboxylic acids is 2. The van der Waals surface area contributed by atoms with Crippen molar-refractivity contribution in [2.45, 2.75) is 0 Å². The van der Waals surface area contributed by atoms with Crippen LogP contribution in [0.4, 0.5) is 5.69 Å². The lowest BCUT2D eigenvalue weighted by molar-refractivity contribution is -0.121. The van der Waals surface area contributed by atoms with Crippen LogP contribution in [0.25, 0.3) is 6.08 Å². The highest BCUT2D eigenvalue weighted by atomic mass is 79.9. The zero-order valence-electron chi connectivity index (χ0n) is 15.9. The van der Waals surface area contributed by atoms with Crippen LogP contribution in [-0.2, 0) is 9.59 Å². The van der Waals surface area contributed by atoms with Crippen LogP contribution in [0.3, 0.4) is 0 Å². The van der Waals surface area contributed by atoms with Crippen molar-refractivity contribution in [2.24, 2.45) is 0 Å². The summed E-state index contributed by atoms with van der Waals surface area (Å²) < 4.78 is 6.97. The molecular weight excluding hydrogens is 543 g/mol. The minimum atomic E-state index is -0.385. The number of halogens is 3. The van der Waals surface area contributed by atoms with Crippen LogP contribution in [0.1, 0.15) is 5.56 Å². The van der Waals surface area contributed by atoms with Crippen LogP contribution in [0.15, 0.2) is 58.4 Å². The third kappa shape index (κ3) is 6.33. The Morgan fingerprint density at radius 1 is 1.26 bits per heavy atom. The fourth-order valence-electron chi connectivity index (χ4n) is 2.66. The standard InChI is InChI=1S/C21H15BrCl2N2O3S2/c1-2-5-26-20(28)18(31-21(26)30)7-12-6-13(22)3-4-17(12)29-11-19(27)25-16-9-14(23)8-15(24)10-16/h2-4,6-10H,1,5,11H2,(H,25,27)/b18-7-. The molecular formula is C21H15BrCl2N2O3S2. The second-order valence-corrected chi connectivity index (χ2v) is 9.72. The van der Waals surface area contributed by atoms with Gasteiger partial charge in [0.05, 0.1) is 4.91 Å². The van der Waals surface area contributed by atoms with Gasteiger partial charge in [-0.3, -0.25) is 14.5 Å². The average Bonchev–Trinajstić information content (AvgIpc) is 2.94. The molecule has 0 aromatic heterocycles. The Morgan fingerprint density at radius 3 is 2.65 bits per heavy atom. The van der Waals surface area contributed by atoms with E-state index in [0.717, 1.165) is 4.47 Å². The first-order chi connectivity index (χ1) is 14.8. The Hall–Kier alpha value is -1.84. The minimum absolute atomic E-state index is 0.198.